The first-order valence-corrected chi connectivity index (χ1v) is 6.17. The van der Waals surface area contributed by atoms with E-state index in [0.29, 0.717) is 12.8 Å². The van der Waals surface area contributed by atoms with Crippen molar-refractivity contribution in [3.05, 3.63) is 0 Å². The lowest BCUT2D eigenvalue weighted by Gasteiger charge is -2.42. The highest BCUT2D eigenvalue weighted by atomic mass is 16.2. The second-order valence-electron chi connectivity index (χ2n) is 5.10. The Morgan fingerprint density at radius 1 is 1.31 bits per heavy atom. The summed E-state index contributed by atoms with van der Waals surface area (Å²) in [5.74, 6) is 0.121. The second kappa shape index (κ2) is 3.75. The van der Waals surface area contributed by atoms with Gasteiger partial charge in [-0.05, 0) is 32.6 Å². The second-order valence-corrected chi connectivity index (χ2v) is 5.10. The molecule has 0 aromatic rings. The van der Waals surface area contributed by atoms with Crippen LogP contribution in [-0.2, 0) is 9.59 Å². The highest BCUT2D eigenvalue weighted by Gasteiger charge is 2.53. The van der Waals surface area contributed by atoms with Gasteiger partial charge in [-0.25, -0.2) is 0 Å². The minimum absolute atomic E-state index is 0.0158. The topological polar surface area (TPSA) is 49.4 Å². The molecule has 2 rings (SSSR count). The number of carbonyl (C=O) groups is 2. The molecule has 1 saturated heterocycles. The maximum atomic E-state index is 12.3. The van der Waals surface area contributed by atoms with Crippen molar-refractivity contribution in [2.24, 2.45) is 0 Å². The summed E-state index contributed by atoms with van der Waals surface area (Å²) in [6, 6.07) is -0.574. The molecule has 1 saturated carbocycles. The number of nitrogens with zero attached hydrogens (tertiary/aromatic N) is 1. The fourth-order valence-electron chi connectivity index (χ4n) is 2.48. The molecule has 1 aliphatic heterocycles. The van der Waals surface area contributed by atoms with Crippen LogP contribution >= 0.6 is 0 Å². The third-order valence-corrected chi connectivity index (χ3v) is 3.82. The number of hydrogen-bond acceptors (Lipinski definition) is 2. The minimum atomic E-state index is -0.312. The van der Waals surface area contributed by atoms with E-state index in [9.17, 15) is 9.59 Å². The summed E-state index contributed by atoms with van der Waals surface area (Å²) in [5.41, 5.74) is -0.0526. The molecule has 2 amide bonds. The molecule has 2 aliphatic rings. The molecule has 0 spiro atoms. The Morgan fingerprint density at radius 2 is 1.94 bits per heavy atom. The summed E-state index contributed by atoms with van der Waals surface area (Å²) in [4.78, 5) is 26.0. The normalized spacial score (nSPS) is 32.6. The Morgan fingerprint density at radius 3 is 2.38 bits per heavy atom. The fourth-order valence-corrected chi connectivity index (χ4v) is 2.48. The van der Waals surface area contributed by atoms with Gasteiger partial charge in [0.2, 0.25) is 11.8 Å². The number of piperazine rings is 1. The monoisotopic (exact) mass is 224 g/mol. The third kappa shape index (κ3) is 1.60. The van der Waals surface area contributed by atoms with Crippen molar-refractivity contribution in [3.63, 3.8) is 0 Å². The highest BCUT2D eigenvalue weighted by Crippen LogP contribution is 2.44. The van der Waals surface area contributed by atoms with Crippen LogP contribution in [0, 0.1) is 0 Å². The smallest absolute Gasteiger partial charge is 0.246 e. The zero-order valence-corrected chi connectivity index (χ0v) is 10.2. The molecule has 0 aromatic carbocycles. The molecule has 90 valence electrons. The average Bonchev–Trinajstić information content (AvgIpc) is 2.99. The molecule has 2 fully saturated rings. The van der Waals surface area contributed by atoms with Gasteiger partial charge in [-0.15, -0.1) is 0 Å². The molecule has 4 nitrogen and oxygen atoms in total. The number of rotatable bonds is 3. The molecule has 0 aromatic heterocycles. The van der Waals surface area contributed by atoms with E-state index in [1.807, 2.05) is 18.7 Å². The van der Waals surface area contributed by atoms with Crippen LogP contribution in [0.1, 0.15) is 46.5 Å². The van der Waals surface area contributed by atoms with E-state index in [1.165, 1.54) is 0 Å². The van der Waals surface area contributed by atoms with E-state index in [1.54, 1.807) is 0 Å². The van der Waals surface area contributed by atoms with Crippen molar-refractivity contribution in [3.8, 4) is 0 Å². The Balaban J connectivity index is 2.27. The van der Waals surface area contributed by atoms with Gasteiger partial charge in [0.15, 0.2) is 0 Å². The van der Waals surface area contributed by atoms with Crippen LogP contribution in [0.3, 0.4) is 0 Å². The predicted octanol–water partition coefficient (Wildman–Crippen LogP) is 1.05. The van der Waals surface area contributed by atoms with Gasteiger partial charge >= 0.3 is 0 Å². The predicted molar refractivity (Wildman–Crippen MR) is 60.8 cm³/mol. The zero-order valence-electron chi connectivity index (χ0n) is 10.2. The lowest BCUT2D eigenvalue weighted by atomic mass is 10.0. The molecule has 1 heterocycles. The van der Waals surface area contributed by atoms with Crippen molar-refractivity contribution in [1.29, 1.82) is 0 Å². The first-order valence-electron chi connectivity index (χ1n) is 6.17. The largest absolute Gasteiger partial charge is 0.343 e. The highest BCUT2D eigenvalue weighted by molar-refractivity contribution is 5.97. The summed E-state index contributed by atoms with van der Waals surface area (Å²) >= 11 is 0. The third-order valence-electron chi connectivity index (χ3n) is 3.82. The number of nitrogens with one attached hydrogen (secondary N) is 1. The summed E-state index contributed by atoms with van der Waals surface area (Å²) < 4.78 is 0. The van der Waals surface area contributed by atoms with Crippen molar-refractivity contribution >= 4 is 11.8 Å². The molecule has 0 bridgehead atoms. The zero-order chi connectivity index (χ0) is 11.9. The number of amides is 2. The summed E-state index contributed by atoms with van der Waals surface area (Å²) in [5, 5.41) is 2.82. The number of carbonyl (C=O) groups excluding carboxylic acids is 2. The summed E-state index contributed by atoms with van der Waals surface area (Å²) in [6.07, 6.45) is 3.43. The van der Waals surface area contributed by atoms with Gasteiger partial charge in [0.25, 0.3) is 0 Å². The Labute approximate surface area is 96.4 Å². The molecule has 2 atom stereocenters. The molecule has 1 aliphatic carbocycles. The minimum Gasteiger partial charge on any atom is -0.343 e. The van der Waals surface area contributed by atoms with Crippen molar-refractivity contribution in [2.45, 2.75) is 64.1 Å². The van der Waals surface area contributed by atoms with Crippen LogP contribution in [0.5, 0.6) is 0 Å². The lowest BCUT2D eigenvalue weighted by Crippen LogP contribution is -2.65. The SMILES string of the molecule is CCC1NC(=O)C(CC)N(C2(C)CC2)C1=O. The van der Waals surface area contributed by atoms with Crippen molar-refractivity contribution in [1.82, 2.24) is 10.2 Å². The average molecular weight is 224 g/mol. The van der Waals surface area contributed by atoms with Crippen LogP contribution in [0.25, 0.3) is 0 Å². The molecule has 1 N–H and O–H groups in total. The standard InChI is InChI=1S/C12H20N2O2/c1-4-8-11(16)14(12(3)6-7-12)9(5-2)10(15)13-8/h8-9H,4-7H2,1-3H3,(H,13,15). The van der Waals surface area contributed by atoms with E-state index in [0.717, 1.165) is 12.8 Å². The Hall–Kier alpha value is -1.06. The fraction of sp³-hybridized carbons (Fsp3) is 0.833. The first kappa shape index (κ1) is 11.4. The molecular formula is C12H20N2O2. The van der Waals surface area contributed by atoms with Crippen LogP contribution < -0.4 is 5.32 Å². The van der Waals surface area contributed by atoms with Gasteiger partial charge in [-0.1, -0.05) is 13.8 Å². The Bertz CT molecular complexity index is 323. The van der Waals surface area contributed by atoms with Gasteiger partial charge in [0.05, 0.1) is 0 Å². The van der Waals surface area contributed by atoms with Gasteiger partial charge in [0.1, 0.15) is 12.1 Å². The van der Waals surface area contributed by atoms with Crippen LogP contribution in [0.4, 0.5) is 0 Å². The molecule has 0 radical (unpaired) electrons. The number of hydrogen-bond donors (Lipinski definition) is 1. The molecule has 16 heavy (non-hydrogen) atoms. The lowest BCUT2D eigenvalue weighted by molar-refractivity contribution is -0.153. The first-order chi connectivity index (χ1) is 7.53. The van der Waals surface area contributed by atoms with Gasteiger partial charge in [-0.3, -0.25) is 9.59 Å². The van der Waals surface area contributed by atoms with Crippen LogP contribution in [0.15, 0.2) is 0 Å². The van der Waals surface area contributed by atoms with E-state index >= 15 is 0 Å². The summed E-state index contributed by atoms with van der Waals surface area (Å²) in [7, 11) is 0. The Kier molecular flexibility index (Phi) is 2.68. The molecule has 4 heteroatoms. The van der Waals surface area contributed by atoms with Crippen LogP contribution in [0.2, 0.25) is 0 Å². The molecule has 2 unspecified atom stereocenters. The van der Waals surface area contributed by atoms with Crippen LogP contribution in [-0.4, -0.2) is 34.3 Å². The van der Waals surface area contributed by atoms with Gasteiger partial charge in [0, 0.05) is 5.54 Å². The molecular weight excluding hydrogens is 204 g/mol. The summed E-state index contributed by atoms with van der Waals surface area (Å²) in [6.45, 7) is 5.98. The van der Waals surface area contributed by atoms with E-state index < -0.39 is 0 Å². The van der Waals surface area contributed by atoms with Gasteiger partial charge in [-0.2, -0.15) is 0 Å². The van der Waals surface area contributed by atoms with E-state index in [2.05, 4.69) is 12.2 Å². The van der Waals surface area contributed by atoms with Gasteiger partial charge < -0.3 is 10.2 Å². The van der Waals surface area contributed by atoms with E-state index in [4.69, 9.17) is 0 Å². The van der Waals surface area contributed by atoms with E-state index in [-0.39, 0.29) is 29.4 Å². The maximum absolute atomic E-state index is 12.3. The van der Waals surface area contributed by atoms with Crippen molar-refractivity contribution in [2.75, 3.05) is 0 Å². The quantitative estimate of drug-likeness (QED) is 0.779. The maximum Gasteiger partial charge on any atom is 0.246 e. The van der Waals surface area contributed by atoms with Crippen molar-refractivity contribution < 1.29 is 9.59 Å².